The van der Waals surface area contributed by atoms with Crippen molar-refractivity contribution in [2.75, 3.05) is 7.11 Å². The molecule has 0 bridgehead atoms. The molecule has 0 aliphatic rings. The van der Waals surface area contributed by atoms with E-state index in [2.05, 4.69) is 20.5 Å². The van der Waals surface area contributed by atoms with Gasteiger partial charge in [0.2, 0.25) is 5.89 Å². The maximum atomic E-state index is 12.1. The summed E-state index contributed by atoms with van der Waals surface area (Å²) < 4.78 is 10.7. The average molecular weight is 324 g/mol. The molecular formula is C17H16N4O3. The van der Waals surface area contributed by atoms with Gasteiger partial charge in [-0.2, -0.15) is 0 Å². The van der Waals surface area contributed by atoms with E-state index in [0.29, 0.717) is 18.9 Å². The highest BCUT2D eigenvalue weighted by molar-refractivity contribution is 5.89. The van der Waals surface area contributed by atoms with Crippen LogP contribution in [0.2, 0.25) is 0 Å². The summed E-state index contributed by atoms with van der Waals surface area (Å²) in [4.78, 5) is 16.0. The molecule has 0 saturated heterocycles. The minimum atomic E-state index is -0.419. The van der Waals surface area contributed by atoms with Crippen LogP contribution in [0.5, 0.6) is 5.75 Å². The second kappa shape index (κ2) is 7.36. The van der Waals surface area contributed by atoms with Gasteiger partial charge in [-0.25, -0.2) is 0 Å². The normalized spacial score (nSPS) is 10.4. The molecule has 2 aromatic heterocycles. The number of para-hydroxylation sites is 1. The highest BCUT2D eigenvalue weighted by Crippen LogP contribution is 2.20. The van der Waals surface area contributed by atoms with Crippen LogP contribution in [0.4, 0.5) is 0 Å². The second-order valence-corrected chi connectivity index (χ2v) is 5.03. The molecule has 7 heteroatoms. The standard InChI is InChI=1S/C17H16N4O3/c1-23-14-7-3-2-6-13(14)9-15-20-21-17(24-15)16(22)19-11-12-5-4-8-18-10-12/h2-8,10H,9,11H2,1H3,(H,19,22). The van der Waals surface area contributed by atoms with E-state index < -0.39 is 5.91 Å². The first-order valence-corrected chi connectivity index (χ1v) is 7.37. The van der Waals surface area contributed by atoms with Gasteiger partial charge in [0.15, 0.2) is 0 Å². The van der Waals surface area contributed by atoms with E-state index in [9.17, 15) is 4.79 Å². The van der Waals surface area contributed by atoms with Crippen LogP contribution in [0.1, 0.15) is 27.7 Å². The number of nitrogens with zero attached hydrogens (tertiary/aromatic N) is 3. The third-order valence-electron chi connectivity index (χ3n) is 3.37. The molecular weight excluding hydrogens is 308 g/mol. The molecule has 0 unspecified atom stereocenters. The van der Waals surface area contributed by atoms with Crippen molar-refractivity contribution in [1.29, 1.82) is 0 Å². The van der Waals surface area contributed by atoms with Crippen molar-refractivity contribution in [3.63, 3.8) is 0 Å². The first-order valence-electron chi connectivity index (χ1n) is 7.37. The number of hydrogen-bond donors (Lipinski definition) is 1. The molecule has 1 aromatic carbocycles. The summed E-state index contributed by atoms with van der Waals surface area (Å²) in [5.41, 5.74) is 1.80. The molecule has 122 valence electrons. The number of aromatic nitrogens is 3. The minimum absolute atomic E-state index is 0.0659. The Morgan fingerprint density at radius 2 is 2.08 bits per heavy atom. The fourth-order valence-electron chi connectivity index (χ4n) is 2.19. The van der Waals surface area contributed by atoms with Crippen LogP contribution in [0.3, 0.4) is 0 Å². The van der Waals surface area contributed by atoms with Crippen molar-refractivity contribution in [3.05, 3.63) is 71.7 Å². The minimum Gasteiger partial charge on any atom is -0.496 e. The summed E-state index contributed by atoms with van der Waals surface area (Å²) in [7, 11) is 1.60. The highest BCUT2D eigenvalue weighted by Gasteiger charge is 2.15. The van der Waals surface area contributed by atoms with Gasteiger partial charge in [-0.1, -0.05) is 24.3 Å². The predicted molar refractivity (Wildman–Crippen MR) is 85.5 cm³/mol. The lowest BCUT2D eigenvalue weighted by atomic mass is 10.1. The summed E-state index contributed by atoms with van der Waals surface area (Å²) in [6.07, 6.45) is 3.75. The van der Waals surface area contributed by atoms with Crippen molar-refractivity contribution >= 4 is 5.91 Å². The van der Waals surface area contributed by atoms with Gasteiger partial charge >= 0.3 is 11.8 Å². The molecule has 7 nitrogen and oxygen atoms in total. The Kier molecular flexibility index (Phi) is 4.81. The Hall–Kier alpha value is -3.22. The number of pyridine rings is 1. The van der Waals surface area contributed by atoms with E-state index in [1.54, 1.807) is 25.6 Å². The monoisotopic (exact) mass is 324 g/mol. The molecule has 3 rings (SSSR count). The summed E-state index contributed by atoms with van der Waals surface area (Å²) in [6, 6.07) is 11.2. The summed E-state index contributed by atoms with van der Waals surface area (Å²) >= 11 is 0. The Morgan fingerprint density at radius 3 is 2.88 bits per heavy atom. The number of benzene rings is 1. The maximum absolute atomic E-state index is 12.1. The molecule has 0 atom stereocenters. The van der Waals surface area contributed by atoms with Gasteiger partial charge < -0.3 is 14.5 Å². The Balaban J connectivity index is 1.63. The van der Waals surface area contributed by atoms with Crippen molar-refractivity contribution in [2.45, 2.75) is 13.0 Å². The van der Waals surface area contributed by atoms with Gasteiger partial charge in [0.05, 0.1) is 13.5 Å². The molecule has 0 aliphatic carbocycles. The van der Waals surface area contributed by atoms with Gasteiger partial charge in [-0.3, -0.25) is 9.78 Å². The van der Waals surface area contributed by atoms with Crippen LogP contribution in [0, 0.1) is 0 Å². The van der Waals surface area contributed by atoms with Crippen LogP contribution in [0.25, 0.3) is 0 Å². The van der Waals surface area contributed by atoms with Crippen LogP contribution < -0.4 is 10.1 Å². The zero-order valence-electron chi connectivity index (χ0n) is 13.1. The van der Waals surface area contributed by atoms with Crippen LogP contribution >= 0.6 is 0 Å². The molecule has 0 spiro atoms. The number of rotatable bonds is 6. The Labute approximate surface area is 138 Å². The van der Waals surface area contributed by atoms with Gasteiger partial charge in [-0.15, -0.1) is 10.2 Å². The topological polar surface area (TPSA) is 90.1 Å². The summed E-state index contributed by atoms with van der Waals surface area (Å²) in [5, 5.41) is 10.4. The number of ether oxygens (including phenoxy) is 1. The fraction of sp³-hybridized carbons (Fsp3) is 0.176. The third kappa shape index (κ3) is 3.75. The molecule has 0 fully saturated rings. The quantitative estimate of drug-likeness (QED) is 0.746. The lowest BCUT2D eigenvalue weighted by Crippen LogP contribution is -2.23. The van der Waals surface area contributed by atoms with E-state index in [1.807, 2.05) is 30.3 Å². The number of carbonyl (C=O) groups is 1. The van der Waals surface area contributed by atoms with Crippen molar-refractivity contribution < 1.29 is 13.9 Å². The van der Waals surface area contributed by atoms with E-state index in [1.165, 1.54) is 0 Å². The number of methoxy groups -OCH3 is 1. The van der Waals surface area contributed by atoms with Crippen molar-refractivity contribution in [3.8, 4) is 5.75 Å². The van der Waals surface area contributed by atoms with E-state index in [4.69, 9.17) is 9.15 Å². The number of nitrogens with one attached hydrogen (secondary N) is 1. The summed E-state index contributed by atoms with van der Waals surface area (Å²) in [5.74, 6) is 0.603. The largest absolute Gasteiger partial charge is 0.496 e. The number of carbonyl (C=O) groups excluding carboxylic acids is 1. The second-order valence-electron chi connectivity index (χ2n) is 5.03. The van der Waals surface area contributed by atoms with Gasteiger partial charge in [-0.05, 0) is 17.7 Å². The molecule has 0 saturated carbocycles. The average Bonchev–Trinajstić information content (AvgIpc) is 3.10. The molecule has 1 amide bonds. The zero-order chi connectivity index (χ0) is 16.8. The fourth-order valence-corrected chi connectivity index (χ4v) is 2.19. The van der Waals surface area contributed by atoms with Gasteiger partial charge in [0.25, 0.3) is 0 Å². The first-order chi connectivity index (χ1) is 11.8. The van der Waals surface area contributed by atoms with Crippen LogP contribution in [-0.4, -0.2) is 28.2 Å². The SMILES string of the molecule is COc1ccccc1Cc1nnc(C(=O)NCc2cccnc2)o1. The van der Waals surface area contributed by atoms with Crippen molar-refractivity contribution in [1.82, 2.24) is 20.5 Å². The predicted octanol–water partition coefficient (Wildman–Crippen LogP) is 1.99. The molecule has 3 aromatic rings. The van der Waals surface area contributed by atoms with E-state index in [-0.39, 0.29) is 5.89 Å². The first kappa shape index (κ1) is 15.7. The van der Waals surface area contributed by atoms with E-state index in [0.717, 1.165) is 16.9 Å². The Morgan fingerprint density at radius 1 is 1.21 bits per heavy atom. The number of hydrogen-bond acceptors (Lipinski definition) is 6. The Bertz CT molecular complexity index is 817. The lowest BCUT2D eigenvalue weighted by molar-refractivity contribution is 0.0914. The third-order valence-corrected chi connectivity index (χ3v) is 3.37. The molecule has 24 heavy (non-hydrogen) atoms. The molecule has 2 heterocycles. The maximum Gasteiger partial charge on any atom is 0.309 e. The van der Waals surface area contributed by atoms with Crippen molar-refractivity contribution in [2.24, 2.45) is 0 Å². The van der Waals surface area contributed by atoms with Gasteiger partial charge in [0, 0.05) is 24.5 Å². The zero-order valence-corrected chi connectivity index (χ0v) is 13.1. The van der Waals surface area contributed by atoms with Gasteiger partial charge in [0.1, 0.15) is 5.75 Å². The molecule has 0 aliphatic heterocycles. The van der Waals surface area contributed by atoms with E-state index >= 15 is 0 Å². The van der Waals surface area contributed by atoms with Crippen LogP contribution in [-0.2, 0) is 13.0 Å². The number of amides is 1. The lowest BCUT2D eigenvalue weighted by Gasteiger charge is -2.05. The van der Waals surface area contributed by atoms with Crippen LogP contribution in [0.15, 0.2) is 53.2 Å². The molecule has 0 radical (unpaired) electrons. The smallest absolute Gasteiger partial charge is 0.309 e. The highest BCUT2D eigenvalue weighted by atomic mass is 16.5. The summed E-state index contributed by atoms with van der Waals surface area (Å²) in [6.45, 7) is 0.344. The molecule has 1 N–H and O–H groups in total.